The van der Waals surface area contributed by atoms with Crippen molar-refractivity contribution in [2.24, 2.45) is 0 Å². The van der Waals surface area contributed by atoms with Crippen molar-refractivity contribution in [3.63, 3.8) is 0 Å². The highest BCUT2D eigenvalue weighted by Gasteiger charge is 2.91. The summed E-state index contributed by atoms with van der Waals surface area (Å²) in [7, 11) is -0.483. The summed E-state index contributed by atoms with van der Waals surface area (Å²) >= 11 is 0. The Labute approximate surface area is 275 Å². The van der Waals surface area contributed by atoms with Gasteiger partial charge in [-0.15, -0.1) is 0 Å². The number of carboxylic acids is 1. The van der Waals surface area contributed by atoms with Gasteiger partial charge in [-0.25, -0.2) is 9.18 Å². The molecule has 0 fully saturated rings. The van der Waals surface area contributed by atoms with E-state index in [2.05, 4.69) is 93.6 Å². The van der Waals surface area contributed by atoms with Crippen LogP contribution in [-0.4, -0.2) is 52.8 Å². The first-order chi connectivity index (χ1) is 22.3. The summed E-state index contributed by atoms with van der Waals surface area (Å²) in [5, 5.41) is 12.0. The molecule has 0 aliphatic rings. The minimum absolute atomic E-state index is 0.141. The minimum atomic E-state index is -8.01. The van der Waals surface area contributed by atoms with E-state index in [1.165, 1.54) is 39.5 Å². The molecule has 3 aromatic rings. The van der Waals surface area contributed by atoms with Crippen molar-refractivity contribution in [3.05, 3.63) is 89.5 Å². The van der Waals surface area contributed by atoms with Crippen molar-refractivity contribution in [1.82, 2.24) is 0 Å². The molecule has 0 bridgehead atoms. The van der Waals surface area contributed by atoms with Crippen molar-refractivity contribution in [1.29, 1.82) is 0 Å². The van der Waals surface area contributed by atoms with E-state index >= 15 is 0 Å². The number of aryl methyl sites for hydroxylation is 3. The van der Waals surface area contributed by atoms with Gasteiger partial charge in [-0.2, -0.15) is 52.7 Å². The van der Waals surface area contributed by atoms with Gasteiger partial charge in [0.25, 0.3) is 0 Å². The van der Waals surface area contributed by atoms with Crippen LogP contribution in [-0.2, 0) is 4.79 Å². The Hall–Kier alpha value is -3.35. The number of carbonyl (C=O) groups is 1. The fourth-order valence-electron chi connectivity index (χ4n) is 4.23. The van der Waals surface area contributed by atoms with Gasteiger partial charge in [-0.1, -0.05) is 109 Å². The Morgan fingerprint density at radius 2 is 0.898 bits per heavy atom. The van der Waals surface area contributed by atoms with E-state index in [0.29, 0.717) is 0 Å². The first-order valence-electron chi connectivity index (χ1n) is 14.5. The lowest BCUT2D eigenvalue weighted by atomic mass is 9.89. The second-order valence-electron chi connectivity index (χ2n) is 11.3. The van der Waals surface area contributed by atoms with Crippen LogP contribution in [0.15, 0.2) is 72.8 Å². The number of halogens is 13. The van der Waals surface area contributed by atoms with Gasteiger partial charge in [-0.3, -0.25) is 0 Å². The van der Waals surface area contributed by atoms with Crippen LogP contribution in [0.3, 0.4) is 0 Å². The number of unbranched alkanes of at least 4 members (excludes halogenated alkanes) is 1. The summed E-state index contributed by atoms with van der Waals surface area (Å²) in [5.41, 5.74) is 3.93. The van der Waals surface area contributed by atoms with Crippen molar-refractivity contribution < 1.29 is 67.0 Å². The molecule has 1 atom stereocenters. The molecule has 0 saturated heterocycles. The Morgan fingerprint density at radius 3 is 1.18 bits per heavy atom. The lowest BCUT2D eigenvalue weighted by Gasteiger charge is -2.41. The first-order valence-corrected chi connectivity index (χ1v) is 15.8. The summed E-state index contributed by atoms with van der Waals surface area (Å²) in [5.74, 6) is -49.2. The zero-order chi connectivity index (χ0) is 37.8. The standard InChI is InChI=1S/C21H21P.C12H11F13O2/c1-16-4-10-19(11-5-16)22(20-12-6-17(2)7-13-20)21-14-8-18(3)9-15-21;1-2-3-4-5(13)7(14,15)9(18,19)11(22,23)12(24,25)10(20,21)8(16,17)6(26)27/h4-15H,1-3H3;5H,2-4H2,1H3,(H,26,27). The number of alkyl halides is 13. The van der Waals surface area contributed by atoms with Crippen molar-refractivity contribution in [2.45, 2.75) is 88.7 Å². The fraction of sp³-hybridized carbons (Fsp3) is 0.424. The number of rotatable bonds is 13. The normalized spacial score (nSPS) is 13.9. The molecule has 0 aromatic heterocycles. The van der Waals surface area contributed by atoms with E-state index in [1.807, 2.05) is 0 Å². The fourth-order valence-corrected chi connectivity index (χ4v) is 6.46. The average Bonchev–Trinajstić information content (AvgIpc) is 3.02. The van der Waals surface area contributed by atoms with E-state index < -0.39 is 68.4 Å². The molecule has 49 heavy (non-hydrogen) atoms. The zero-order valence-electron chi connectivity index (χ0n) is 26.3. The topological polar surface area (TPSA) is 37.3 Å². The largest absolute Gasteiger partial charge is 0.477 e. The van der Waals surface area contributed by atoms with Gasteiger partial charge in [-0.05, 0) is 51.0 Å². The molecular weight excluding hydrogens is 706 g/mol. The van der Waals surface area contributed by atoms with Gasteiger partial charge in [0.15, 0.2) is 6.17 Å². The van der Waals surface area contributed by atoms with Gasteiger partial charge in [0.05, 0.1) is 0 Å². The Bertz CT molecular complexity index is 1420. The maximum absolute atomic E-state index is 13.3. The third-order valence-corrected chi connectivity index (χ3v) is 9.79. The molecular formula is C33H32F13O2P. The Kier molecular flexibility index (Phi) is 13.0. The zero-order valence-corrected chi connectivity index (χ0v) is 27.2. The molecule has 0 saturated carbocycles. The summed E-state index contributed by atoms with van der Waals surface area (Å²) in [6.07, 6.45) is -6.55. The Balaban J connectivity index is 0.000000345. The molecule has 0 spiro atoms. The monoisotopic (exact) mass is 738 g/mol. The minimum Gasteiger partial charge on any atom is -0.477 e. The summed E-state index contributed by atoms with van der Waals surface area (Å²) < 4.78 is 171. The highest BCUT2D eigenvalue weighted by molar-refractivity contribution is 7.79. The van der Waals surface area contributed by atoms with E-state index in [-0.39, 0.29) is 6.42 Å². The van der Waals surface area contributed by atoms with Crippen LogP contribution < -0.4 is 15.9 Å². The third kappa shape index (κ3) is 8.18. The highest BCUT2D eigenvalue weighted by Crippen LogP contribution is 2.61. The third-order valence-electron chi connectivity index (χ3n) is 7.35. The molecule has 0 heterocycles. The van der Waals surface area contributed by atoms with Crippen LogP contribution in [0.2, 0.25) is 0 Å². The molecule has 0 amide bonds. The van der Waals surface area contributed by atoms with E-state index in [1.54, 1.807) is 0 Å². The molecule has 3 rings (SSSR count). The summed E-state index contributed by atoms with van der Waals surface area (Å²) in [6.45, 7) is 7.64. The predicted octanol–water partition coefficient (Wildman–Crippen LogP) is 9.78. The summed E-state index contributed by atoms with van der Waals surface area (Å²) in [4.78, 5) is 9.91. The molecule has 3 aromatic carbocycles. The van der Waals surface area contributed by atoms with Gasteiger partial charge in [0.1, 0.15) is 0 Å². The average molecular weight is 739 g/mol. The van der Waals surface area contributed by atoms with E-state index in [0.717, 1.165) is 0 Å². The predicted molar refractivity (Wildman–Crippen MR) is 161 cm³/mol. The number of hydrogen-bond donors (Lipinski definition) is 1. The van der Waals surface area contributed by atoms with Crippen LogP contribution in [0.4, 0.5) is 57.1 Å². The second-order valence-corrected chi connectivity index (χ2v) is 13.5. The second kappa shape index (κ2) is 15.3. The highest BCUT2D eigenvalue weighted by atomic mass is 31.1. The smallest absolute Gasteiger partial charge is 0.410 e. The number of benzene rings is 3. The number of carboxylic acid groups (broad SMARTS) is 1. The van der Waals surface area contributed by atoms with Crippen molar-refractivity contribution in [3.8, 4) is 0 Å². The van der Waals surface area contributed by atoms with Crippen LogP contribution in [0.25, 0.3) is 0 Å². The van der Waals surface area contributed by atoms with Gasteiger partial charge in [0.2, 0.25) is 0 Å². The SMILES string of the molecule is CCCCC(F)C(F)(F)C(F)(F)C(F)(F)C(F)(F)C(F)(F)C(F)(F)C(=O)O.Cc1ccc(P(c2ccc(C)cc2)c2ccc(C)cc2)cc1. The van der Waals surface area contributed by atoms with Gasteiger partial charge < -0.3 is 5.11 Å². The molecule has 16 heteroatoms. The molecule has 272 valence electrons. The van der Waals surface area contributed by atoms with Crippen LogP contribution in [0, 0.1) is 20.8 Å². The van der Waals surface area contributed by atoms with E-state index in [9.17, 15) is 61.9 Å². The molecule has 1 unspecified atom stereocenters. The number of hydrogen-bond acceptors (Lipinski definition) is 1. The van der Waals surface area contributed by atoms with Gasteiger partial charge >= 0.3 is 41.5 Å². The maximum atomic E-state index is 13.3. The van der Waals surface area contributed by atoms with E-state index in [4.69, 9.17) is 5.11 Å². The molecule has 1 N–H and O–H groups in total. The molecule has 2 nitrogen and oxygen atoms in total. The molecule has 0 aliphatic heterocycles. The quantitative estimate of drug-likeness (QED) is 0.140. The van der Waals surface area contributed by atoms with Crippen LogP contribution >= 0.6 is 7.92 Å². The Morgan fingerprint density at radius 1 is 0.592 bits per heavy atom. The lowest BCUT2D eigenvalue weighted by Crippen LogP contribution is -2.72. The lowest BCUT2D eigenvalue weighted by molar-refractivity contribution is -0.425. The molecule has 0 aliphatic carbocycles. The van der Waals surface area contributed by atoms with Crippen molar-refractivity contribution in [2.75, 3.05) is 0 Å². The summed E-state index contributed by atoms with van der Waals surface area (Å²) in [6, 6.07) is 27.0. The molecule has 0 radical (unpaired) electrons. The first kappa shape index (κ1) is 41.8. The van der Waals surface area contributed by atoms with Crippen molar-refractivity contribution >= 4 is 29.8 Å². The van der Waals surface area contributed by atoms with Crippen LogP contribution in [0.5, 0.6) is 0 Å². The van der Waals surface area contributed by atoms with Gasteiger partial charge in [0, 0.05) is 0 Å². The number of aliphatic carboxylic acids is 1. The maximum Gasteiger partial charge on any atom is 0.410 e. The van der Waals surface area contributed by atoms with Crippen LogP contribution in [0.1, 0.15) is 42.9 Å².